The molecule has 0 saturated heterocycles. The highest BCUT2D eigenvalue weighted by molar-refractivity contribution is 6.02. The van der Waals surface area contributed by atoms with Crippen LogP contribution in [0.2, 0.25) is 0 Å². The average molecular weight is 462 g/mol. The molecule has 3 rings (SSSR count). The van der Waals surface area contributed by atoms with E-state index in [0.717, 1.165) is 29.7 Å². The van der Waals surface area contributed by atoms with Gasteiger partial charge in [0.25, 0.3) is 5.91 Å². The van der Waals surface area contributed by atoms with Crippen molar-refractivity contribution in [3.63, 3.8) is 0 Å². The lowest BCUT2D eigenvalue weighted by Gasteiger charge is -2.34. The van der Waals surface area contributed by atoms with Crippen molar-refractivity contribution in [3.8, 4) is 0 Å². The van der Waals surface area contributed by atoms with Crippen LogP contribution in [0.15, 0.2) is 71.3 Å². The van der Waals surface area contributed by atoms with E-state index >= 15 is 0 Å². The smallest absolute Gasteiger partial charge is 0.291 e. The summed E-state index contributed by atoms with van der Waals surface area (Å²) in [5, 5.41) is 2.90. The molecular formula is C28H35N3O3. The summed E-state index contributed by atoms with van der Waals surface area (Å²) in [5.41, 5.74) is 3.71. The number of anilines is 2. The van der Waals surface area contributed by atoms with Gasteiger partial charge in [-0.25, -0.2) is 0 Å². The fourth-order valence-electron chi connectivity index (χ4n) is 4.20. The normalized spacial score (nSPS) is 11.8. The topological polar surface area (TPSA) is 65.8 Å². The molecule has 34 heavy (non-hydrogen) atoms. The molecule has 2 amide bonds. The van der Waals surface area contributed by atoms with Gasteiger partial charge in [-0.2, -0.15) is 0 Å². The summed E-state index contributed by atoms with van der Waals surface area (Å²) >= 11 is 0. The Morgan fingerprint density at radius 1 is 0.971 bits per heavy atom. The monoisotopic (exact) mass is 461 g/mol. The van der Waals surface area contributed by atoms with Crippen molar-refractivity contribution in [2.24, 2.45) is 5.92 Å². The van der Waals surface area contributed by atoms with Crippen LogP contribution in [-0.2, 0) is 11.3 Å². The zero-order valence-electron chi connectivity index (χ0n) is 20.7. The third kappa shape index (κ3) is 5.87. The van der Waals surface area contributed by atoms with Crippen molar-refractivity contribution in [3.05, 3.63) is 83.8 Å². The minimum Gasteiger partial charge on any atom is -0.459 e. The fraction of sp³-hybridized carbons (Fsp3) is 0.357. The van der Waals surface area contributed by atoms with Crippen LogP contribution in [0.3, 0.4) is 0 Å². The van der Waals surface area contributed by atoms with Gasteiger partial charge in [0.1, 0.15) is 0 Å². The Morgan fingerprint density at radius 3 is 2.26 bits per heavy atom. The van der Waals surface area contributed by atoms with Gasteiger partial charge in [-0.05, 0) is 61.2 Å². The molecule has 3 aromatic rings. The maximum Gasteiger partial charge on any atom is 0.291 e. The highest BCUT2D eigenvalue weighted by atomic mass is 16.3. The number of nitrogens with one attached hydrogen (secondary N) is 1. The summed E-state index contributed by atoms with van der Waals surface area (Å²) in [6.07, 6.45) is 3.07. The molecule has 0 bridgehead atoms. The molecule has 6 heteroatoms. The van der Waals surface area contributed by atoms with Gasteiger partial charge in [0, 0.05) is 37.9 Å². The first-order valence-electron chi connectivity index (χ1n) is 11.9. The van der Waals surface area contributed by atoms with E-state index in [0.29, 0.717) is 12.2 Å². The summed E-state index contributed by atoms with van der Waals surface area (Å²) < 4.78 is 5.21. The van der Waals surface area contributed by atoms with Gasteiger partial charge in [0.15, 0.2) is 5.76 Å². The number of benzene rings is 2. The molecule has 2 aromatic carbocycles. The van der Waals surface area contributed by atoms with Crippen LogP contribution in [0.25, 0.3) is 0 Å². The zero-order chi connectivity index (χ0) is 24.7. The zero-order valence-corrected chi connectivity index (χ0v) is 20.7. The molecule has 0 aliphatic rings. The number of nitrogens with zero attached hydrogens (tertiary/aromatic N) is 2. The van der Waals surface area contributed by atoms with E-state index in [-0.39, 0.29) is 29.5 Å². The third-order valence-corrected chi connectivity index (χ3v) is 6.27. The number of hydrogen-bond donors (Lipinski definition) is 1. The summed E-state index contributed by atoms with van der Waals surface area (Å²) in [6, 6.07) is 19.1. The van der Waals surface area contributed by atoms with Crippen molar-refractivity contribution in [1.82, 2.24) is 4.90 Å². The summed E-state index contributed by atoms with van der Waals surface area (Å²) in [4.78, 5) is 30.2. The Labute approximate surface area is 202 Å². The minimum atomic E-state index is -0.309. The Hall–Kier alpha value is -3.54. The Bertz CT molecular complexity index is 1070. The SMILES string of the molecule is CCC(CC)C(=O)N(Cc1cc(NC(=O)c2ccco2)ccc1N(C)C)C(C)c1ccccc1. The van der Waals surface area contributed by atoms with Crippen LogP contribution >= 0.6 is 0 Å². The van der Waals surface area contributed by atoms with Crippen LogP contribution in [0, 0.1) is 5.92 Å². The van der Waals surface area contributed by atoms with Crippen molar-refractivity contribution in [2.75, 3.05) is 24.3 Å². The highest BCUT2D eigenvalue weighted by Gasteiger charge is 2.27. The molecule has 1 heterocycles. The highest BCUT2D eigenvalue weighted by Crippen LogP contribution is 2.31. The predicted octanol–water partition coefficient (Wildman–Crippen LogP) is 6.12. The van der Waals surface area contributed by atoms with E-state index in [1.54, 1.807) is 12.1 Å². The summed E-state index contributed by atoms with van der Waals surface area (Å²) in [7, 11) is 3.96. The van der Waals surface area contributed by atoms with Gasteiger partial charge in [0.2, 0.25) is 5.91 Å². The Balaban J connectivity index is 1.97. The minimum absolute atomic E-state index is 0.0317. The molecule has 1 unspecified atom stereocenters. The number of amides is 2. The molecular weight excluding hydrogens is 426 g/mol. The van der Waals surface area contributed by atoms with Crippen molar-refractivity contribution < 1.29 is 14.0 Å². The molecule has 0 saturated carbocycles. The largest absolute Gasteiger partial charge is 0.459 e. The van der Waals surface area contributed by atoms with Crippen LogP contribution in [-0.4, -0.2) is 30.8 Å². The molecule has 0 aliphatic carbocycles. The van der Waals surface area contributed by atoms with E-state index in [1.165, 1.54) is 6.26 Å². The quantitative estimate of drug-likeness (QED) is 0.395. The molecule has 1 aromatic heterocycles. The maximum atomic E-state index is 13.7. The van der Waals surface area contributed by atoms with E-state index in [9.17, 15) is 9.59 Å². The molecule has 6 nitrogen and oxygen atoms in total. The van der Waals surface area contributed by atoms with Gasteiger partial charge in [0.05, 0.1) is 12.3 Å². The lowest BCUT2D eigenvalue weighted by molar-refractivity contribution is -0.138. The van der Waals surface area contributed by atoms with E-state index < -0.39 is 0 Å². The molecule has 1 atom stereocenters. The summed E-state index contributed by atoms with van der Waals surface area (Å²) in [5.74, 6) is 0.0598. The van der Waals surface area contributed by atoms with E-state index in [4.69, 9.17) is 4.42 Å². The predicted molar refractivity (Wildman–Crippen MR) is 137 cm³/mol. The van der Waals surface area contributed by atoms with Crippen molar-refractivity contribution in [2.45, 2.75) is 46.2 Å². The number of carbonyl (C=O) groups is 2. The van der Waals surface area contributed by atoms with Crippen LogP contribution in [0.4, 0.5) is 11.4 Å². The van der Waals surface area contributed by atoms with E-state index in [1.807, 2.05) is 60.3 Å². The van der Waals surface area contributed by atoms with Gasteiger partial charge in [-0.1, -0.05) is 44.2 Å². The van der Waals surface area contributed by atoms with Crippen molar-refractivity contribution >= 4 is 23.2 Å². The molecule has 1 N–H and O–H groups in total. The second-order valence-corrected chi connectivity index (χ2v) is 8.74. The number of hydrogen-bond acceptors (Lipinski definition) is 4. The van der Waals surface area contributed by atoms with E-state index in [2.05, 4.69) is 38.2 Å². The fourth-order valence-corrected chi connectivity index (χ4v) is 4.20. The first-order valence-corrected chi connectivity index (χ1v) is 11.9. The lowest BCUT2D eigenvalue weighted by Crippen LogP contribution is -2.37. The number of carbonyl (C=O) groups excluding carboxylic acids is 2. The number of furan rings is 1. The second kappa shape index (κ2) is 11.5. The third-order valence-electron chi connectivity index (χ3n) is 6.27. The molecule has 0 aliphatic heterocycles. The van der Waals surface area contributed by atoms with Crippen LogP contribution < -0.4 is 10.2 Å². The lowest BCUT2D eigenvalue weighted by atomic mass is 9.98. The van der Waals surface area contributed by atoms with Crippen molar-refractivity contribution in [1.29, 1.82) is 0 Å². The van der Waals surface area contributed by atoms with Gasteiger partial charge < -0.3 is 19.5 Å². The van der Waals surface area contributed by atoms with Gasteiger partial charge in [-0.3, -0.25) is 9.59 Å². The van der Waals surface area contributed by atoms with Crippen LogP contribution in [0.5, 0.6) is 0 Å². The second-order valence-electron chi connectivity index (χ2n) is 8.74. The first kappa shape index (κ1) is 25.1. The molecule has 0 fully saturated rings. The maximum absolute atomic E-state index is 13.7. The first-order chi connectivity index (χ1) is 16.3. The van der Waals surface area contributed by atoms with Gasteiger partial charge in [-0.15, -0.1) is 0 Å². The number of rotatable bonds is 10. The standard InChI is InChI=1S/C28H35N3O3/c1-6-21(7-2)28(33)31(20(3)22-12-9-8-10-13-22)19-23-18-24(15-16-25(23)30(4)5)29-27(32)26-14-11-17-34-26/h8-18,20-21H,6-7,19H2,1-5H3,(H,29,32). The molecule has 0 radical (unpaired) electrons. The Kier molecular flexibility index (Phi) is 8.52. The van der Waals surface area contributed by atoms with Gasteiger partial charge >= 0.3 is 0 Å². The summed E-state index contributed by atoms with van der Waals surface area (Å²) in [6.45, 7) is 6.64. The van der Waals surface area contributed by atoms with Crippen LogP contribution in [0.1, 0.15) is 61.3 Å². The molecule has 0 spiro atoms. The Morgan fingerprint density at radius 2 is 1.68 bits per heavy atom. The molecule has 180 valence electrons. The average Bonchev–Trinajstić information content (AvgIpc) is 3.38.